The van der Waals surface area contributed by atoms with E-state index in [-0.39, 0.29) is 6.04 Å². The highest BCUT2D eigenvalue weighted by molar-refractivity contribution is 6.35. The molecule has 0 radical (unpaired) electrons. The van der Waals surface area contributed by atoms with E-state index in [2.05, 4.69) is 20.6 Å². The van der Waals surface area contributed by atoms with E-state index in [1.54, 1.807) is 13.1 Å². The van der Waals surface area contributed by atoms with Crippen molar-refractivity contribution in [2.24, 2.45) is 4.99 Å². The maximum Gasteiger partial charge on any atom is 0.191 e. The van der Waals surface area contributed by atoms with Crippen LogP contribution in [0.25, 0.3) is 5.65 Å². The molecule has 1 atom stereocenters. The predicted molar refractivity (Wildman–Crippen MR) is 108 cm³/mol. The molecule has 0 bridgehead atoms. The van der Waals surface area contributed by atoms with Gasteiger partial charge in [0.2, 0.25) is 0 Å². The van der Waals surface area contributed by atoms with E-state index in [1.807, 2.05) is 54.0 Å². The summed E-state index contributed by atoms with van der Waals surface area (Å²) in [6.07, 6.45) is 4.85. The Bertz CT molecular complexity index is 886. The molecule has 0 aliphatic heterocycles. The van der Waals surface area contributed by atoms with E-state index in [1.165, 1.54) is 0 Å². The third kappa shape index (κ3) is 4.48. The number of halogens is 2. The normalized spacial score (nSPS) is 13.0. The Morgan fingerprint density at radius 3 is 2.85 bits per heavy atom. The van der Waals surface area contributed by atoms with Crippen LogP contribution in [0.4, 0.5) is 0 Å². The zero-order chi connectivity index (χ0) is 18.5. The molecule has 1 unspecified atom stereocenters. The summed E-state index contributed by atoms with van der Waals surface area (Å²) >= 11 is 12.2. The smallest absolute Gasteiger partial charge is 0.191 e. The Morgan fingerprint density at radius 2 is 2.12 bits per heavy atom. The lowest BCUT2D eigenvalue weighted by Crippen LogP contribution is -2.39. The first-order valence-electron chi connectivity index (χ1n) is 8.41. The SMILES string of the molecule is CN=C(NCCc1cn2ccccc2n1)NC(C)c1ccc(Cl)cc1Cl. The molecule has 136 valence electrons. The molecule has 7 heteroatoms. The standard InChI is InChI=1S/C19H21Cl2N5/c1-13(16-7-6-14(20)11-17(16)21)24-19(22-2)23-9-8-15-12-26-10-4-3-5-18(26)25-15/h3-7,10-13H,8-9H2,1-2H3,(H2,22,23,24). The Morgan fingerprint density at radius 1 is 1.27 bits per heavy atom. The predicted octanol–water partition coefficient (Wildman–Crippen LogP) is 4.11. The fraction of sp³-hybridized carbons (Fsp3) is 0.263. The van der Waals surface area contributed by atoms with E-state index in [9.17, 15) is 0 Å². The quantitative estimate of drug-likeness (QED) is 0.509. The first-order chi connectivity index (χ1) is 12.6. The minimum absolute atomic E-state index is 0.00107. The van der Waals surface area contributed by atoms with Crippen molar-refractivity contribution in [2.75, 3.05) is 13.6 Å². The number of benzene rings is 1. The van der Waals surface area contributed by atoms with Crippen molar-refractivity contribution in [1.82, 2.24) is 20.0 Å². The van der Waals surface area contributed by atoms with Gasteiger partial charge in [-0.05, 0) is 36.8 Å². The van der Waals surface area contributed by atoms with Crippen LogP contribution in [0.2, 0.25) is 10.0 Å². The average molecular weight is 390 g/mol. The molecule has 0 fully saturated rings. The molecular weight excluding hydrogens is 369 g/mol. The number of fused-ring (bicyclic) bond motifs is 1. The topological polar surface area (TPSA) is 53.7 Å². The summed E-state index contributed by atoms with van der Waals surface area (Å²) in [5.41, 5.74) is 2.96. The maximum atomic E-state index is 6.28. The molecule has 26 heavy (non-hydrogen) atoms. The van der Waals surface area contributed by atoms with Gasteiger partial charge in [0.15, 0.2) is 5.96 Å². The largest absolute Gasteiger partial charge is 0.356 e. The highest BCUT2D eigenvalue weighted by Crippen LogP contribution is 2.25. The molecule has 0 saturated carbocycles. The molecule has 2 heterocycles. The lowest BCUT2D eigenvalue weighted by molar-refractivity contribution is 0.683. The van der Waals surface area contributed by atoms with Crippen LogP contribution < -0.4 is 10.6 Å². The molecule has 2 aromatic heterocycles. The highest BCUT2D eigenvalue weighted by Gasteiger charge is 2.12. The van der Waals surface area contributed by atoms with Crippen molar-refractivity contribution in [3.63, 3.8) is 0 Å². The van der Waals surface area contributed by atoms with Crippen molar-refractivity contribution in [3.05, 3.63) is 70.1 Å². The van der Waals surface area contributed by atoms with Crippen LogP contribution in [0.3, 0.4) is 0 Å². The Kier molecular flexibility index (Phi) is 6.01. The molecule has 3 rings (SSSR count). The summed E-state index contributed by atoms with van der Waals surface area (Å²) in [5.74, 6) is 0.715. The zero-order valence-electron chi connectivity index (χ0n) is 14.7. The van der Waals surface area contributed by atoms with Gasteiger partial charge in [-0.2, -0.15) is 0 Å². The summed E-state index contributed by atoms with van der Waals surface area (Å²) in [7, 11) is 1.75. The van der Waals surface area contributed by atoms with Crippen LogP contribution in [0.15, 0.2) is 53.8 Å². The number of guanidine groups is 1. The average Bonchev–Trinajstić information content (AvgIpc) is 3.03. The minimum atomic E-state index is 0.00107. The Labute approximate surface area is 163 Å². The second-order valence-corrected chi connectivity index (χ2v) is 6.82. The van der Waals surface area contributed by atoms with Crippen molar-refractivity contribution < 1.29 is 0 Å². The van der Waals surface area contributed by atoms with Crippen molar-refractivity contribution in [1.29, 1.82) is 0 Å². The number of aliphatic imine (C=N–C) groups is 1. The number of aromatic nitrogens is 2. The van der Waals surface area contributed by atoms with Gasteiger partial charge in [-0.3, -0.25) is 4.99 Å². The Hall–Kier alpha value is -2.24. The van der Waals surface area contributed by atoms with Gasteiger partial charge in [0.05, 0.1) is 11.7 Å². The molecule has 1 aromatic carbocycles. The summed E-state index contributed by atoms with van der Waals surface area (Å²) in [6, 6.07) is 11.5. The molecule has 0 saturated heterocycles. The fourth-order valence-electron chi connectivity index (χ4n) is 2.75. The van der Waals surface area contributed by atoms with Gasteiger partial charge < -0.3 is 15.0 Å². The first kappa shape index (κ1) is 18.5. The van der Waals surface area contributed by atoms with E-state index in [0.717, 1.165) is 29.9 Å². The minimum Gasteiger partial charge on any atom is -0.356 e. The molecule has 0 spiro atoms. The third-order valence-corrected chi connectivity index (χ3v) is 4.66. The fourth-order valence-corrected chi connectivity index (χ4v) is 3.32. The van der Waals surface area contributed by atoms with Crippen molar-refractivity contribution in [3.8, 4) is 0 Å². The van der Waals surface area contributed by atoms with E-state index in [4.69, 9.17) is 23.2 Å². The summed E-state index contributed by atoms with van der Waals surface area (Å²) in [6.45, 7) is 2.76. The third-order valence-electron chi connectivity index (χ3n) is 4.09. The number of hydrogen-bond acceptors (Lipinski definition) is 2. The van der Waals surface area contributed by atoms with E-state index in [0.29, 0.717) is 16.0 Å². The molecule has 2 N–H and O–H groups in total. The molecule has 0 amide bonds. The van der Waals surface area contributed by atoms with Gasteiger partial charge in [-0.25, -0.2) is 4.98 Å². The molecular formula is C19H21Cl2N5. The van der Waals surface area contributed by atoms with Crippen molar-refractivity contribution in [2.45, 2.75) is 19.4 Å². The van der Waals surface area contributed by atoms with E-state index >= 15 is 0 Å². The second kappa shape index (κ2) is 8.43. The van der Waals surface area contributed by atoms with Gasteiger partial charge in [0.1, 0.15) is 5.65 Å². The number of hydrogen-bond donors (Lipinski definition) is 2. The number of imidazole rings is 1. The highest BCUT2D eigenvalue weighted by atomic mass is 35.5. The number of rotatable bonds is 5. The maximum absolute atomic E-state index is 6.28. The van der Waals surface area contributed by atoms with Crippen molar-refractivity contribution >= 4 is 34.8 Å². The van der Waals surface area contributed by atoms with Crippen LogP contribution in [0.5, 0.6) is 0 Å². The Balaban J connectivity index is 1.56. The van der Waals surface area contributed by atoms with Gasteiger partial charge in [0.25, 0.3) is 0 Å². The van der Waals surface area contributed by atoms with E-state index < -0.39 is 0 Å². The summed E-state index contributed by atoms with van der Waals surface area (Å²) < 4.78 is 2.02. The van der Waals surface area contributed by atoms with Gasteiger partial charge in [0, 0.05) is 42.5 Å². The van der Waals surface area contributed by atoms with Gasteiger partial charge in [-0.15, -0.1) is 0 Å². The molecule has 0 aliphatic carbocycles. The first-order valence-corrected chi connectivity index (χ1v) is 9.17. The van der Waals surface area contributed by atoms with Gasteiger partial charge >= 0.3 is 0 Å². The van der Waals surface area contributed by atoms with Crippen LogP contribution in [0, 0.1) is 0 Å². The number of nitrogens with one attached hydrogen (secondary N) is 2. The monoisotopic (exact) mass is 389 g/mol. The van der Waals surface area contributed by atoms with Crippen LogP contribution >= 0.6 is 23.2 Å². The zero-order valence-corrected chi connectivity index (χ0v) is 16.2. The van der Waals surface area contributed by atoms with Crippen LogP contribution in [-0.2, 0) is 6.42 Å². The second-order valence-electron chi connectivity index (χ2n) is 5.98. The summed E-state index contributed by atoms with van der Waals surface area (Å²) in [5, 5.41) is 7.92. The summed E-state index contributed by atoms with van der Waals surface area (Å²) in [4.78, 5) is 8.87. The molecule has 0 aliphatic rings. The lowest BCUT2D eigenvalue weighted by atomic mass is 10.1. The van der Waals surface area contributed by atoms with Gasteiger partial charge in [-0.1, -0.05) is 35.3 Å². The number of pyridine rings is 1. The van der Waals surface area contributed by atoms with Crippen LogP contribution in [0.1, 0.15) is 24.2 Å². The molecule has 3 aromatic rings. The number of nitrogens with zero attached hydrogens (tertiary/aromatic N) is 3. The van der Waals surface area contributed by atoms with Crippen LogP contribution in [-0.4, -0.2) is 28.9 Å². The molecule has 5 nitrogen and oxygen atoms in total. The lowest BCUT2D eigenvalue weighted by Gasteiger charge is -2.19.